The van der Waals surface area contributed by atoms with Crippen molar-refractivity contribution in [2.45, 2.75) is 167 Å². The van der Waals surface area contributed by atoms with Gasteiger partial charge in [0.2, 0.25) is 0 Å². The van der Waals surface area contributed by atoms with E-state index >= 15 is 0 Å². The molecule has 7 heteroatoms. The van der Waals surface area contributed by atoms with Gasteiger partial charge in [0, 0.05) is 39.4 Å². The van der Waals surface area contributed by atoms with Crippen molar-refractivity contribution in [2.24, 2.45) is 11.5 Å². The Morgan fingerprint density at radius 3 is 1.02 bits per heavy atom. The monoisotopic (exact) mass is 616 g/mol. The van der Waals surface area contributed by atoms with E-state index in [-0.39, 0.29) is 0 Å². The highest BCUT2D eigenvalue weighted by molar-refractivity contribution is 4.67. The summed E-state index contributed by atoms with van der Waals surface area (Å²) < 4.78 is 21.2. The normalized spacial score (nSPS) is 16.7. The molecule has 2 unspecified atom stereocenters. The molecule has 2 aliphatic rings. The van der Waals surface area contributed by atoms with Crippen LogP contribution < -0.4 is 16.8 Å². The number of epoxide rings is 2. The van der Waals surface area contributed by atoms with Crippen LogP contribution in [0.4, 0.5) is 0 Å². The number of hydrogen-bond donors (Lipinski definition) is 3. The molecule has 0 aromatic rings. The number of rotatable bonds is 32. The summed E-state index contributed by atoms with van der Waals surface area (Å²) in [7, 11) is 0. The smallest absolute Gasteiger partial charge is 0.104 e. The van der Waals surface area contributed by atoms with Crippen LogP contribution in [0.15, 0.2) is 0 Å². The SMILES string of the molecule is CCCCCCCCCCCCCCOCC1CO1.CCCCCCCCCCCCOCC1CO1.NCCNCCN. The summed E-state index contributed by atoms with van der Waals surface area (Å²) in [5.74, 6) is 0. The fourth-order valence-electron chi connectivity index (χ4n) is 4.82. The van der Waals surface area contributed by atoms with Gasteiger partial charge in [-0.15, -0.1) is 0 Å². The lowest BCUT2D eigenvalue weighted by Gasteiger charge is -2.03. The van der Waals surface area contributed by atoms with Gasteiger partial charge in [-0.3, -0.25) is 0 Å². The summed E-state index contributed by atoms with van der Waals surface area (Å²) >= 11 is 0. The maximum atomic E-state index is 5.52. The zero-order valence-electron chi connectivity index (χ0n) is 29.1. The first-order valence-electron chi connectivity index (χ1n) is 18.8. The van der Waals surface area contributed by atoms with Crippen molar-refractivity contribution in [3.8, 4) is 0 Å². The molecule has 43 heavy (non-hydrogen) atoms. The van der Waals surface area contributed by atoms with Gasteiger partial charge < -0.3 is 35.7 Å². The Labute approximate surface area is 268 Å². The van der Waals surface area contributed by atoms with E-state index in [1.54, 1.807) is 0 Å². The molecule has 2 rings (SSSR count). The second-order valence-electron chi connectivity index (χ2n) is 12.5. The Balaban J connectivity index is 0.000000677. The van der Waals surface area contributed by atoms with E-state index in [4.69, 9.17) is 30.4 Å². The van der Waals surface area contributed by atoms with Crippen molar-refractivity contribution in [1.29, 1.82) is 0 Å². The van der Waals surface area contributed by atoms with Crippen LogP contribution in [-0.2, 0) is 18.9 Å². The van der Waals surface area contributed by atoms with Gasteiger partial charge in [-0.25, -0.2) is 0 Å². The molecule has 0 bridgehead atoms. The highest BCUT2D eigenvalue weighted by Crippen LogP contribution is 2.13. The number of unbranched alkanes of at least 4 members (excludes halogenated alkanes) is 20. The van der Waals surface area contributed by atoms with Gasteiger partial charge in [0.25, 0.3) is 0 Å². The molecule has 2 aliphatic heterocycles. The van der Waals surface area contributed by atoms with Crippen molar-refractivity contribution in [1.82, 2.24) is 5.32 Å². The van der Waals surface area contributed by atoms with Gasteiger partial charge in [-0.1, -0.05) is 142 Å². The van der Waals surface area contributed by atoms with Crippen molar-refractivity contribution in [3.63, 3.8) is 0 Å². The van der Waals surface area contributed by atoms with E-state index in [1.165, 1.54) is 141 Å². The lowest BCUT2D eigenvalue weighted by atomic mass is 10.1. The van der Waals surface area contributed by atoms with Gasteiger partial charge in [0.15, 0.2) is 0 Å². The minimum Gasteiger partial charge on any atom is -0.379 e. The highest BCUT2D eigenvalue weighted by atomic mass is 16.6. The Bertz CT molecular complexity index is 489. The maximum absolute atomic E-state index is 5.52. The van der Waals surface area contributed by atoms with Crippen molar-refractivity contribution in [2.75, 3.05) is 65.8 Å². The first-order valence-corrected chi connectivity index (χ1v) is 18.8. The first kappa shape index (κ1) is 42.7. The summed E-state index contributed by atoms with van der Waals surface area (Å²) in [4.78, 5) is 0. The number of ether oxygens (including phenoxy) is 4. The molecule has 7 nitrogen and oxygen atoms in total. The first-order chi connectivity index (χ1) is 21.3. The molecular weight excluding hydrogens is 538 g/mol. The quantitative estimate of drug-likeness (QED) is 0.0521. The molecule has 0 aromatic carbocycles. The van der Waals surface area contributed by atoms with Crippen LogP contribution in [0.3, 0.4) is 0 Å². The average Bonchev–Trinajstić information content (AvgIpc) is 3.95. The Morgan fingerprint density at radius 1 is 0.488 bits per heavy atom. The van der Waals surface area contributed by atoms with E-state index in [0.717, 1.165) is 52.7 Å². The summed E-state index contributed by atoms with van der Waals surface area (Å²) in [6, 6.07) is 0. The number of nitrogens with two attached hydrogens (primary N) is 2. The lowest BCUT2D eigenvalue weighted by Crippen LogP contribution is -2.27. The Hall–Kier alpha value is -0.280. The van der Waals surface area contributed by atoms with Gasteiger partial charge in [0.05, 0.1) is 26.4 Å². The molecule has 0 aromatic heterocycles. The Kier molecular flexibility index (Phi) is 37.7. The van der Waals surface area contributed by atoms with Gasteiger partial charge in [0.1, 0.15) is 12.2 Å². The van der Waals surface area contributed by atoms with Gasteiger partial charge in [-0.05, 0) is 12.8 Å². The number of nitrogens with one attached hydrogen (secondary N) is 1. The van der Waals surface area contributed by atoms with E-state index < -0.39 is 0 Å². The molecule has 0 saturated carbocycles. The predicted octanol–water partition coefficient (Wildman–Crippen LogP) is 7.92. The van der Waals surface area contributed by atoms with Gasteiger partial charge >= 0.3 is 0 Å². The second kappa shape index (κ2) is 37.9. The average molecular weight is 616 g/mol. The highest BCUT2D eigenvalue weighted by Gasteiger charge is 2.22. The van der Waals surface area contributed by atoms with Crippen LogP contribution in [0, 0.1) is 0 Å². The summed E-state index contributed by atoms with van der Waals surface area (Å²) in [5.41, 5.74) is 10.3. The van der Waals surface area contributed by atoms with E-state index in [9.17, 15) is 0 Å². The van der Waals surface area contributed by atoms with Crippen LogP contribution in [0.5, 0.6) is 0 Å². The minimum atomic E-state index is 0.428. The minimum absolute atomic E-state index is 0.428. The molecule has 2 heterocycles. The fourth-order valence-corrected chi connectivity index (χ4v) is 4.82. The predicted molar refractivity (Wildman–Crippen MR) is 185 cm³/mol. The van der Waals surface area contributed by atoms with E-state index in [2.05, 4.69) is 19.2 Å². The molecule has 0 radical (unpaired) electrons. The third kappa shape index (κ3) is 41.7. The molecular formula is C36H77N3O4. The fraction of sp³-hybridized carbons (Fsp3) is 1.00. The van der Waals surface area contributed by atoms with Crippen molar-refractivity contribution >= 4 is 0 Å². The molecule has 0 aliphatic carbocycles. The summed E-state index contributed by atoms with van der Waals surface area (Å²) in [6.45, 7) is 13.0. The van der Waals surface area contributed by atoms with Crippen molar-refractivity contribution in [3.05, 3.63) is 0 Å². The van der Waals surface area contributed by atoms with Crippen molar-refractivity contribution < 1.29 is 18.9 Å². The van der Waals surface area contributed by atoms with Crippen LogP contribution in [-0.4, -0.2) is 78.0 Å². The Morgan fingerprint density at radius 2 is 0.767 bits per heavy atom. The number of hydrogen-bond acceptors (Lipinski definition) is 7. The molecule has 0 amide bonds. The molecule has 0 spiro atoms. The molecule has 2 saturated heterocycles. The zero-order valence-corrected chi connectivity index (χ0v) is 29.1. The van der Waals surface area contributed by atoms with Crippen LogP contribution in [0.25, 0.3) is 0 Å². The third-order valence-corrected chi connectivity index (χ3v) is 7.84. The molecule has 260 valence electrons. The zero-order chi connectivity index (χ0) is 31.3. The standard InChI is InChI=1S/C17H34O2.C15H30O2.C4H13N3/c1-2-3-4-5-6-7-8-9-10-11-12-13-14-18-15-17-16-19-17;1-2-3-4-5-6-7-8-9-10-11-12-16-13-15-14-17-15;5-1-3-7-4-2-6/h17H,2-16H2,1H3;15H,2-14H2,1H3;7H,1-6H2. The van der Waals surface area contributed by atoms with Gasteiger partial charge in [-0.2, -0.15) is 0 Å². The summed E-state index contributed by atoms with van der Waals surface area (Å²) in [6.07, 6.45) is 31.6. The van der Waals surface area contributed by atoms with E-state index in [1.807, 2.05) is 0 Å². The third-order valence-electron chi connectivity index (χ3n) is 7.84. The second-order valence-corrected chi connectivity index (χ2v) is 12.5. The lowest BCUT2D eigenvalue weighted by molar-refractivity contribution is 0.113. The van der Waals surface area contributed by atoms with Crippen LogP contribution >= 0.6 is 0 Å². The van der Waals surface area contributed by atoms with Crippen LogP contribution in [0.1, 0.15) is 155 Å². The van der Waals surface area contributed by atoms with E-state index in [0.29, 0.717) is 25.3 Å². The maximum Gasteiger partial charge on any atom is 0.104 e. The molecule has 2 fully saturated rings. The summed E-state index contributed by atoms with van der Waals surface area (Å²) in [5, 5.41) is 3.03. The van der Waals surface area contributed by atoms with Crippen LogP contribution in [0.2, 0.25) is 0 Å². The molecule has 2 atom stereocenters. The topological polar surface area (TPSA) is 108 Å². The largest absolute Gasteiger partial charge is 0.379 e. The molecule has 5 N–H and O–H groups in total.